The minimum atomic E-state index is -0.239. The molecule has 3 aromatic heterocycles. The fourth-order valence-corrected chi connectivity index (χ4v) is 4.58. The molecule has 0 saturated heterocycles. The summed E-state index contributed by atoms with van der Waals surface area (Å²) in [7, 11) is 5.26. The summed E-state index contributed by atoms with van der Waals surface area (Å²) in [6.07, 6.45) is 5.98. The van der Waals surface area contributed by atoms with E-state index in [1.165, 1.54) is 6.33 Å². The molecule has 3 aromatic rings. The molecule has 0 radical (unpaired) electrons. The summed E-state index contributed by atoms with van der Waals surface area (Å²) in [5, 5.41) is 10.5. The van der Waals surface area contributed by atoms with E-state index in [1.54, 1.807) is 34.9 Å². The molecule has 0 spiro atoms. The first-order chi connectivity index (χ1) is 16.9. The van der Waals surface area contributed by atoms with E-state index in [-0.39, 0.29) is 29.6 Å². The van der Waals surface area contributed by atoms with Crippen molar-refractivity contribution in [2.45, 2.75) is 31.7 Å². The maximum absolute atomic E-state index is 13.3. The van der Waals surface area contributed by atoms with Gasteiger partial charge >= 0.3 is 0 Å². The Kier molecular flexibility index (Phi) is 7.45. The molecule has 1 aliphatic rings. The Morgan fingerprint density at radius 3 is 2.71 bits per heavy atom. The number of fused-ring (bicyclic) bond motifs is 1. The Morgan fingerprint density at radius 1 is 1.23 bits per heavy atom. The van der Waals surface area contributed by atoms with Gasteiger partial charge in [0.1, 0.15) is 11.8 Å². The molecule has 4 rings (SSSR count). The molecule has 0 aliphatic heterocycles. The molecule has 0 aromatic carbocycles. The van der Waals surface area contributed by atoms with Crippen LogP contribution < -0.4 is 21.1 Å². The first-order valence-corrected chi connectivity index (χ1v) is 11.8. The third kappa shape index (κ3) is 5.19. The lowest BCUT2D eigenvalue weighted by atomic mass is 9.85. The number of nitrogens with one attached hydrogen (secondary N) is 2. The second-order valence-corrected chi connectivity index (χ2v) is 8.82. The van der Waals surface area contributed by atoms with Gasteiger partial charge in [0.2, 0.25) is 11.8 Å². The molecule has 11 nitrogen and oxygen atoms in total. The summed E-state index contributed by atoms with van der Waals surface area (Å²) in [5.41, 5.74) is 8.47. The molecule has 11 heteroatoms. The number of amides is 2. The highest BCUT2D eigenvalue weighted by molar-refractivity contribution is 6.05. The second-order valence-electron chi connectivity index (χ2n) is 8.82. The molecular formula is C24H32N8O3. The molecule has 2 amide bonds. The maximum atomic E-state index is 13.3. The lowest BCUT2D eigenvalue weighted by Gasteiger charge is -2.31. The Bertz CT molecular complexity index is 1200. The zero-order valence-electron chi connectivity index (χ0n) is 20.3. The highest BCUT2D eigenvalue weighted by Gasteiger charge is 2.30. The maximum Gasteiger partial charge on any atom is 0.253 e. The number of pyridine rings is 1. The Balaban J connectivity index is 1.50. The zero-order valence-corrected chi connectivity index (χ0v) is 20.3. The topological polar surface area (TPSA) is 140 Å². The quantitative estimate of drug-likeness (QED) is 0.439. The fraction of sp³-hybridized carbons (Fsp3) is 0.458. The number of carbonyl (C=O) groups is 2. The molecule has 1 aliphatic carbocycles. The lowest BCUT2D eigenvalue weighted by Crippen LogP contribution is -2.42. The van der Waals surface area contributed by atoms with Crippen molar-refractivity contribution in [1.82, 2.24) is 35.1 Å². The number of carbonyl (C=O) groups excluding carboxylic acids is 2. The van der Waals surface area contributed by atoms with Gasteiger partial charge in [0, 0.05) is 49.9 Å². The van der Waals surface area contributed by atoms with Gasteiger partial charge in [-0.15, -0.1) is 0 Å². The molecule has 0 unspecified atom stereocenters. The van der Waals surface area contributed by atoms with Crippen molar-refractivity contribution in [1.29, 1.82) is 0 Å². The summed E-state index contributed by atoms with van der Waals surface area (Å²) >= 11 is 0. The summed E-state index contributed by atoms with van der Waals surface area (Å²) in [6.45, 7) is 1.45. The van der Waals surface area contributed by atoms with Crippen molar-refractivity contribution < 1.29 is 14.3 Å². The van der Waals surface area contributed by atoms with Gasteiger partial charge in [-0.05, 0) is 44.9 Å². The number of nitrogens with two attached hydrogens (primary N) is 1. The number of hydrogen-bond acceptors (Lipinski definition) is 8. The lowest BCUT2D eigenvalue weighted by molar-refractivity contribution is -0.135. The van der Waals surface area contributed by atoms with Crippen molar-refractivity contribution in [2.24, 2.45) is 5.92 Å². The van der Waals surface area contributed by atoms with Crippen molar-refractivity contribution in [3.05, 3.63) is 36.3 Å². The van der Waals surface area contributed by atoms with Crippen molar-refractivity contribution in [3.8, 4) is 17.1 Å². The van der Waals surface area contributed by atoms with Crippen LogP contribution in [0.2, 0.25) is 0 Å². The summed E-state index contributed by atoms with van der Waals surface area (Å²) in [4.78, 5) is 36.0. The number of nitrogen functional groups attached to an aromatic ring is 1. The van der Waals surface area contributed by atoms with E-state index in [4.69, 9.17) is 10.5 Å². The van der Waals surface area contributed by atoms with Gasteiger partial charge in [-0.2, -0.15) is 5.10 Å². The predicted octanol–water partition coefficient (Wildman–Crippen LogP) is 1.35. The third-order valence-corrected chi connectivity index (χ3v) is 6.55. The van der Waals surface area contributed by atoms with Gasteiger partial charge in [-0.25, -0.2) is 14.5 Å². The average Bonchev–Trinajstić information content (AvgIpc) is 3.28. The largest absolute Gasteiger partial charge is 0.481 e. The van der Waals surface area contributed by atoms with Crippen LogP contribution >= 0.6 is 0 Å². The van der Waals surface area contributed by atoms with E-state index in [1.807, 2.05) is 20.2 Å². The number of aromatic nitrogens is 4. The minimum absolute atomic E-state index is 0.00219. The third-order valence-electron chi connectivity index (χ3n) is 6.55. The average molecular weight is 481 g/mol. The number of hydrogen-bond donors (Lipinski definition) is 3. The fourth-order valence-electron chi connectivity index (χ4n) is 4.58. The van der Waals surface area contributed by atoms with Crippen LogP contribution in [0.5, 0.6) is 5.88 Å². The van der Waals surface area contributed by atoms with Crippen molar-refractivity contribution in [2.75, 3.05) is 40.0 Å². The normalized spacial score (nSPS) is 17.8. The Morgan fingerprint density at radius 2 is 2.00 bits per heavy atom. The summed E-state index contributed by atoms with van der Waals surface area (Å²) in [6, 6.07) is 5.33. The highest BCUT2D eigenvalue weighted by Crippen LogP contribution is 2.30. The minimum Gasteiger partial charge on any atom is -0.481 e. The predicted molar refractivity (Wildman–Crippen MR) is 132 cm³/mol. The van der Waals surface area contributed by atoms with Crippen molar-refractivity contribution >= 4 is 23.1 Å². The number of ether oxygens (including phenoxy) is 1. The SMILES string of the molecule is CNCCN(C)C(=O)[C@H]1CC[C@H](NC(=O)c2cc(-c3ccnc(OC)c3)n3ncnc(N)c23)CC1. The number of nitrogens with zero attached hydrogens (tertiary/aromatic N) is 5. The summed E-state index contributed by atoms with van der Waals surface area (Å²) in [5.74, 6) is 0.602. The molecule has 0 bridgehead atoms. The van der Waals surface area contributed by atoms with Crippen LogP contribution in [0.1, 0.15) is 36.0 Å². The van der Waals surface area contributed by atoms with Gasteiger partial charge in [0.15, 0.2) is 5.82 Å². The van der Waals surface area contributed by atoms with E-state index < -0.39 is 0 Å². The van der Waals surface area contributed by atoms with Gasteiger partial charge in [-0.1, -0.05) is 0 Å². The van der Waals surface area contributed by atoms with Crippen molar-refractivity contribution in [3.63, 3.8) is 0 Å². The first-order valence-electron chi connectivity index (χ1n) is 11.8. The molecule has 186 valence electrons. The van der Waals surface area contributed by atoms with Crippen LogP contribution in [0.3, 0.4) is 0 Å². The standard InChI is InChI=1S/C24H32N8O3/c1-26-10-11-31(2)24(34)15-4-6-17(7-5-15)30-23(33)18-13-19(16-8-9-27-20(12-16)35-3)32-21(18)22(25)28-14-29-32/h8-9,12-15,17,26H,4-7,10-11H2,1-3H3,(H,30,33)(H2,25,28,29)/t15-,17-. The van der Waals surface area contributed by atoms with Gasteiger partial charge in [0.05, 0.1) is 18.4 Å². The van der Waals surface area contributed by atoms with Crippen LogP contribution in [0.4, 0.5) is 5.82 Å². The molecule has 3 heterocycles. The van der Waals surface area contributed by atoms with Crippen LogP contribution in [0.15, 0.2) is 30.7 Å². The molecule has 4 N–H and O–H groups in total. The molecule has 0 atom stereocenters. The van der Waals surface area contributed by atoms with Gasteiger partial charge < -0.3 is 26.0 Å². The molecule has 1 fully saturated rings. The highest BCUT2D eigenvalue weighted by atomic mass is 16.5. The van der Waals surface area contributed by atoms with E-state index in [9.17, 15) is 9.59 Å². The summed E-state index contributed by atoms with van der Waals surface area (Å²) < 4.78 is 6.85. The van der Waals surface area contributed by atoms with Crippen LogP contribution in [0.25, 0.3) is 16.8 Å². The molecule has 1 saturated carbocycles. The zero-order chi connectivity index (χ0) is 24.9. The Hall–Kier alpha value is -3.73. The number of anilines is 1. The van der Waals surface area contributed by atoms with Gasteiger partial charge in [-0.3, -0.25) is 9.59 Å². The van der Waals surface area contributed by atoms with E-state index >= 15 is 0 Å². The van der Waals surface area contributed by atoms with Crippen LogP contribution in [-0.4, -0.2) is 76.6 Å². The van der Waals surface area contributed by atoms with Gasteiger partial charge in [0.25, 0.3) is 5.91 Å². The smallest absolute Gasteiger partial charge is 0.253 e. The molecular weight excluding hydrogens is 448 g/mol. The number of rotatable bonds is 8. The number of methoxy groups -OCH3 is 1. The van der Waals surface area contributed by atoms with E-state index in [0.29, 0.717) is 29.2 Å². The van der Waals surface area contributed by atoms with E-state index in [0.717, 1.165) is 37.8 Å². The Labute approximate surface area is 204 Å². The number of likely N-dealkylation sites (N-methyl/N-ethyl adjacent to an activating group) is 2. The second kappa shape index (κ2) is 10.7. The van der Waals surface area contributed by atoms with E-state index in [2.05, 4.69) is 25.7 Å². The van der Waals surface area contributed by atoms with Crippen LogP contribution in [-0.2, 0) is 4.79 Å². The van der Waals surface area contributed by atoms with Crippen LogP contribution in [0, 0.1) is 5.92 Å². The monoisotopic (exact) mass is 480 g/mol. The first kappa shape index (κ1) is 24.4. The molecule has 35 heavy (non-hydrogen) atoms.